The summed E-state index contributed by atoms with van der Waals surface area (Å²) in [4.78, 5) is 7.13. The second-order valence-electron chi connectivity index (χ2n) is 9.69. The number of aliphatic hydroxyl groups excluding tert-OH is 2. The SMILES string of the molecule is COc1cc(CN2CC3(CN(C)C3)C2)ccc1OCC(O)CN1CCC(CO)CC1. The molecule has 2 N–H and O–H groups in total. The molecule has 0 saturated carbocycles. The Morgan fingerprint density at radius 3 is 2.47 bits per heavy atom. The van der Waals surface area contributed by atoms with Gasteiger partial charge >= 0.3 is 0 Å². The summed E-state index contributed by atoms with van der Waals surface area (Å²) < 4.78 is 11.4. The van der Waals surface area contributed by atoms with Crippen molar-refractivity contribution in [2.24, 2.45) is 11.3 Å². The second-order valence-corrected chi connectivity index (χ2v) is 9.69. The lowest BCUT2D eigenvalue weighted by molar-refractivity contribution is -0.107. The van der Waals surface area contributed by atoms with Crippen LogP contribution in [-0.4, -0.2) is 104 Å². The van der Waals surface area contributed by atoms with Gasteiger partial charge in [0, 0.05) is 51.3 Å². The molecule has 1 atom stereocenters. The lowest BCUT2D eigenvalue weighted by Gasteiger charge is -2.59. The Morgan fingerprint density at radius 2 is 1.83 bits per heavy atom. The van der Waals surface area contributed by atoms with Crippen LogP contribution in [0.4, 0.5) is 0 Å². The Morgan fingerprint density at radius 1 is 1.10 bits per heavy atom. The van der Waals surface area contributed by atoms with Crippen molar-refractivity contribution in [1.82, 2.24) is 14.7 Å². The third kappa shape index (κ3) is 5.08. The van der Waals surface area contributed by atoms with Crippen molar-refractivity contribution in [3.8, 4) is 11.5 Å². The summed E-state index contributed by atoms with van der Waals surface area (Å²) in [6.45, 7) is 8.72. The smallest absolute Gasteiger partial charge is 0.161 e. The highest BCUT2D eigenvalue weighted by molar-refractivity contribution is 5.43. The van der Waals surface area contributed by atoms with E-state index in [-0.39, 0.29) is 13.2 Å². The first kappa shape index (κ1) is 21.8. The highest BCUT2D eigenvalue weighted by Gasteiger charge is 2.49. The minimum Gasteiger partial charge on any atom is -0.493 e. The van der Waals surface area contributed by atoms with Crippen LogP contribution in [-0.2, 0) is 6.54 Å². The van der Waals surface area contributed by atoms with Crippen LogP contribution >= 0.6 is 0 Å². The molecule has 7 nitrogen and oxygen atoms in total. The Balaban J connectivity index is 1.22. The molecule has 1 spiro atoms. The zero-order valence-corrected chi connectivity index (χ0v) is 18.4. The van der Waals surface area contributed by atoms with Crippen molar-refractivity contribution in [1.29, 1.82) is 0 Å². The Labute approximate surface area is 180 Å². The van der Waals surface area contributed by atoms with Gasteiger partial charge < -0.3 is 29.5 Å². The summed E-state index contributed by atoms with van der Waals surface area (Å²) >= 11 is 0. The quantitative estimate of drug-likeness (QED) is 0.616. The average molecular weight is 420 g/mol. The molecule has 3 heterocycles. The minimum absolute atomic E-state index is 0.248. The van der Waals surface area contributed by atoms with E-state index in [1.807, 2.05) is 6.07 Å². The van der Waals surface area contributed by atoms with Gasteiger partial charge in [0.25, 0.3) is 0 Å². The lowest BCUT2D eigenvalue weighted by Crippen LogP contribution is -2.70. The van der Waals surface area contributed by atoms with E-state index in [2.05, 4.69) is 33.9 Å². The number of nitrogens with zero attached hydrogens (tertiary/aromatic N) is 3. The fraction of sp³-hybridized carbons (Fsp3) is 0.739. The first-order valence-electron chi connectivity index (χ1n) is 11.2. The first-order chi connectivity index (χ1) is 14.5. The van der Waals surface area contributed by atoms with Crippen LogP contribution in [0.15, 0.2) is 18.2 Å². The Hall–Kier alpha value is -1.38. The molecule has 30 heavy (non-hydrogen) atoms. The number of likely N-dealkylation sites (tertiary alicyclic amines) is 3. The Bertz CT molecular complexity index is 694. The van der Waals surface area contributed by atoms with Crippen molar-refractivity contribution >= 4 is 0 Å². The van der Waals surface area contributed by atoms with E-state index >= 15 is 0 Å². The second kappa shape index (κ2) is 9.40. The van der Waals surface area contributed by atoms with Crippen molar-refractivity contribution in [3.05, 3.63) is 23.8 Å². The maximum atomic E-state index is 10.4. The monoisotopic (exact) mass is 419 g/mol. The number of rotatable bonds is 9. The number of benzene rings is 1. The number of hydrogen-bond donors (Lipinski definition) is 2. The molecule has 168 valence electrons. The normalized spacial score (nSPS) is 23.7. The number of aliphatic hydroxyl groups is 2. The van der Waals surface area contributed by atoms with Gasteiger partial charge in [0.05, 0.1) is 7.11 Å². The zero-order chi connectivity index (χ0) is 21.1. The van der Waals surface area contributed by atoms with Crippen molar-refractivity contribution in [3.63, 3.8) is 0 Å². The summed E-state index contributed by atoms with van der Waals surface area (Å²) in [5, 5.41) is 19.6. The molecule has 0 radical (unpaired) electrons. The molecule has 4 rings (SSSR count). The lowest BCUT2D eigenvalue weighted by atomic mass is 9.73. The molecule has 3 fully saturated rings. The molecule has 0 aromatic heterocycles. The molecule has 1 aromatic carbocycles. The predicted molar refractivity (Wildman–Crippen MR) is 116 cm³/mol. The van der Waals surface area contributed by atoms with Gasteiger partial charge in [-0.15, -0.1) is 0 Å². The van der Waals surface area contributed by atoms with Gasteiger partial charge in [-0.25, -0.2) is 0 Å². The van der Waals surface area contributed by atoms with Crippen LogP contribution in [0.5, 0.6) is 11.5 Å². The number of ether oxygens (including phenoxy) is 2. The summed E-state index contributed by atoms with van der Waals surface area (Å²) in [6, 6.07) is 6.11. The molecule has 1 unspecified atom stereocenters. The molecular formula is C23H37N3O4. The maximum Gasteiger partial charge on any atom is 0.161 e. The minimum atomic E-state index is -0.544. The van der Waals surface area contributed by atoms with E-state index in [1.54, 1.807) is 7.11 Å². The molecular weight excluding hydrogens is 382 g/mol. The van der Waals surface area contributed by atoms with Crippen molar-refractivity contribution in [2.45, 2.75) is 25.5 Å². The fourth-order valence-corrected chi connectivity index (χ4v) is 5.39. The summed E-state index contributed by atoms with van der Waals surface area (Å²) in [5.41, 5.74) is 1.78. The third-order valence-electron chi connectivity index (χ3n) is 6.83. The number of β-amino-alcohol motifs (C(OH)–C–C–N with tert-alkyl or cyclic N) is 1. The van der Waals surface area contributed by atoms with Crippen molar-refractivity contribution in [2.75, 3.05) is 73.2 Å². The zero-order valence-electron chi connectivity index (χ0n) is 18.4. The van der Waals surface area contributed by atoms with E-state index in [0.29, 0.717) is 23.6 Å². The summed E-state index contributed by atoms with van der Waals surface area (Å²) in [5.74, 6) is 1.82. The number of piperidine rings is 1. The molecule has 0 aliphatic carbocycles. The van der Waals surface area contributed by atoms with Crippen LogP contribution in [0.3, 0.4) is 0 Å². The van der Waals surface area contributed by atoms with Gasteiger partial charge in [-0.1, -0.05) is 6.07 Å². The first-order valence-corrected chi connectivity index (χ1v) is 11.2. The summed E-state index contributed by atoms with van der Waals surface area (Å²) in [7, 11) is 3.85. The number of hydrogen-bond acceptors (Lipinski definition) is 7. The van der Waals surface area contributed by atoms with Crippen LogP contribution in [0.1, 0.15) is 18.4 Å². The van der Waals surface area contributed by atoms with Gasteiger partial charge in [0.1, 0.15) is 12.7 Å². The average Bonchev–Trinajstić information content (AvgIpc) is 2.70. The van der Waals surface area contributed by atoms with E-state index < -0.39 is 6.10 Å². The number of methoxy groups -OCH3 is 1. The van der Waals surface area contributed by atoms with Crippen LogP contribution in [0.2, 0.25) is 0 Å². The molecule has 3 aliphatic heterocycles. The van der Waals surface area contributed by atoms with Crippen LogP contribution in [0, 0.1) is 11.3 Å². The molecule has 3 aliphatic rings. The standard InChI is InChI=1S/C23H37N3O4/c1-24-14-23(15-24)16-26(17-23)10-19-3-4-21(22(9-19)29-2)30-13-20(28)11-25-7-5-18(12-27)6-8-25/h3-4,9,18,20,27-28H,5-8,10-17H2,1-2H3. The van der Waals surface area contributed by atoms with E-state index in [4.69, 9.17) is 9.47 Å². The van der Waals surface area contributed by atoms with Crippen molar-refractivity contribution < 1.29 is 19.7 Å². The van der Waals surface area contributed by atoms with Crippen LogP contribution < -0.4 is 9.47 Å². The van der Waals surface area contributed by atoms with Gasteiger partial charge in [-0.2, -0.15) is 0 Å². The summed E-state index contributed by atoms with van der Waals surface area (Å²) in [6.07, 6.45) is 1.44. The van der Waals surface area contributed by atoms with Crippen LogP contribution in [0.25, 0.3) is 0 Å². The predicted octanol–water partition coefficient (Wildman–Crippen LogP) is 0.887. The topological polar surface area (TPSA) is 68.6 Å². The fourth-order valence-electron chi connectivity index (χ4n) is 5.39. The largest absolute Gasteiger partial charge is 0.493 e. The molecule has 0 amide bonds. The van der Waals surface area contributed by atoms with Gasteiger partial charge in [-0.3, -0.25) is 4.90 Å². The highest BCUT2D eigenvalue weighted by atomic mass is 16.5. The van der Waals surface area contributed by atoms with Gasteiger partial charge in [0.15, 0.2) is 11.5 Å². The molecule has 7 heteroatoms. The maximum absolute atomic E-state index is 10.4. The van der Waals surface area contributed by atoms with E-state index in [0.717, 1.165) is 38.2 Å². The van der Waals surface area contributed by atoms with E-state index in [1.165, 1.54) is 31.7 Å². The highest BCUT2D eigenvalue weighted by Crippen LogP contribution is 2.39. The third-order valence-corrected chi connectivity index (χ3v) is 6.83. The molecule has 3 saturated heterocycles. The van der Waals surface area contributed by atoms with Gasteiger partial charge in [0.2, 0.25) is 0 Å². The van der Waals surface area contributed by atoms with Gasteiger partial charge in [-0.05, 0) is 56.6 Å². The molecule has 1 aromatic rings. The van der Waals surface area contributed by atoms with E-state index in [9.17, 15) is 10.2 Å². The Kier molecular flexibility index (Phi) is 6.85. The molecule has 0 bridgehead atoms.